The zero-order chi connectivity index (χ0) is 10.1. The van der Waals surface area contributed by atoms with Crippen molar-refractivity contribution in [2.45, 2.75) is 19.5 Å². The molecule has 0 aliphatic rings. The fourth-order valence-electron chi connectivity index (χ4n) is 0.880. The number of alkyl halides is 3. The first-order chi connectivity index (χ1) is 5.95. The first-order valence-corrected chi connectivity index (χ1v) is 4.05. The van der Waals surface area contributed by atoms with Gasteiger partial charge < -0.3 is 0 Å². The minimum Gasteiger partial charge on any atom is -0.241 e. The van der Waals surface area contributed by atoms with Gasteiger partial charge in [0.25, 0.3) is 0 Å². The lowest BCUT2D eigenvalue weighted by Crippen LogP contribution is -2.07. The van der Waals surface area contributed by atoms with E-state index in [2.05, 4.69) is 4.98 Å². The number of hydrogen-bond acceptors (Lipinski definition) is 1. The molecule has 1 rings (SSSR count). The van der Waals surface area contributed by atoms with Crippen molar-refractivity contribution in [3.63, 3.8) is 0 Å². The van der Waals surface area contributed by atoms with Crippen LogP contribution in [-0.2, 0) is 12.6 Å². The van der Waals surface area contributed by atoms with Crippen LogP contribution in [0.5, 0.6) is 0 Å². The standard InChI is InChI=1S/C8H7ClF3N/c1-2-5-3-4-6(7(9)13-5)8(10,11)12/h3-4H,2H2,1H3. The van der Waals surface area contributed by atoms with Gasteiger partial charge in [-0.15, -0.1) is 0 Å². The van der Waals surface area contributed by atoms with E-state index in [4.69, 9.17) is 11.6 Å². The van der Waals surface area contributed by atoms with E-state index in [0.29, 0.717) is 12.1 Å². The Balaban J connectivity index is 3.13. The van der Waals surface area contributed by atoms with Crippen molar-refractivity contribution in [1.82, 2.24) is 4.98 Å². The second-order valence-corrected chi connectivity index (χ2v) is 2.85. The molecule has 0 aliphatic carbocycles. The first kappa shape index (κ1) is 10.3. The Morgan fingerprint density at radius 1 is 1.38 bits per heavy atom. The number of pyridine rings is 1. The van der Waals surface area contributed by atoms with Gasteiger partial charge in [-0.2, -0.15) is 13.2 Å². The van der Waals surface area contributed by atoms with Crippen molar-refractivity contribution in [2.75, 3.05) is 0 Å². The van der Waals surface area contributed by atoms with Crippen LogP contribution in [0, 0.1) is 0 Å². The van der Waals surface area contributed by atoms with Gasteiger partial charge in [-0.1, -0.05) is 18.5 Å². The average molecular weight is 210 g/mol. The van der Waals surface area contributed by atoms with Gasteiger partial charge in [-0.25, -0.2) is 4.98 Å². The number of aromatic nitrogens is 1. The monoisotopic (exact) mass is 209 g/mol. The third-order valence-electron chi connectivity index (χ3n) is 1.57. The van der Waals surface area contributed by atoms with Gasteiger partial charge in [0.1, 0.15) is 5.15 Å². The summed E-state index contributed by atoms with van der Waals surface area (Å²) in [6.07, 6.45) is -3.85. The molecule has 0 aliphatic heterocycles. The molecule has 0 saturated carbocycles. The van der Waals surface area contributed by atoms with E-state index < -0.39 is 16.9 Å². The maximum absolute atomic E-state index is 12.2. The van der Waals surface area contributed by atoms with Gasteiger partial charge in [-0.3, -0.25) is 0 Å². The summed E-state index contributed by atoms with van der Waals surface area (Å²) in [5.41, 5.74) is -0.329. The lowest BCUT2D eigenvalue weighted by Gasteiger charge is -2.08. The summed E-state index contributed by atoms with van der Waals surface area (Å²) in [6, 6.07) is 2.28. The molecular formula is C8H7ClF3N. The van der Waals surface area contributed by atoms with Crippen LogP contribution in [0.3, 0.4) is 0 Å². The lowest BCUT2D eigenvalue weighted by atomic mass is 10.2. The SMILES string of the molecule is CCc1ccc(C(F)(F)F)c(Cl)n1. The number of aryl methyl sites for hydroxylation is 1. The number of hydrogen-bond donors (Lipinski definition) is 0. The van der Waals surface area contributed by atoms with Crippen LogP contribution < -0.4 is 0 Å². The molecule has 0 amide bonds. The van der Waals surface area contributed by atoms with E-state index in [0.717, 1.165) is 6.07 Å². The van der Waals surface area contributed by atoms with E-state index in [9.17, 15) is 13.2 Å². The third kappa shape index (κ3) is 2.34. The molecule has 1 aromatic heterocycles. The Hall–Kier alpha value is -0.770. The van der Waals surface area contributed by atoms with Gasteiger partial charge in [-0.05, 0) is 18.6 Å². The quantitative estimate of drug-likeness (QED) is 0.647. The van der Waals surface area contributed by atoms with Gasteiger partial charge >= 0.3 is 6.18 Å². The van der Waals surface area contributed by atoms with Crippen LogP contribution >= 0.6 is 11.6 Å². The highest BCUT2D eigenvalue weighted by atomic mass is 35.5. The van der Waals surface area contributed by atoms with E-state index >= 15 is 0 Å². The summed E-state index contributed by atoms with van der Waals surface area (Å²) in [7, 11) is 0. The molecule has 0 atom stereocenters. The predicted octanol–water partition coefficient (Wildman–Crippen LogP) is 3.32. The number of rotatable bonds is 1. The Morgan fingerprint density at radius 2 is 2.00 bits per heavy atom. The molecule has 0 radical (unpaired) electrons. The summed E-state index contributed by atoms with van der Waals surface area (Å²) in [5.74, 6) is 0. The summed E-state index contributed by atoms with van der Waals surface area (Å²) in [4.78, 5) is 3.60. The minimum absolute atomic E-state index is 0.480. The van der Waals surface area contributed by atoms with Crippen molar-refractivity contribution >= 4 is 11.6 Å². The topological polar surface area (TPSA) is 12.9 Å². The smallest absolute Gasteiger partial charge is 0.241 e. The van der Waals surface area contributed by atoms with Gasteiger partial charge in [0.2, 0.25) is 0 Å². The normalized spacial score (nSPS) is 11.8. The Labute approximate surface area is 78.5 Å². The maximum Gasteiger partial charge on any atom is 0.419 e. The fourth-order valence-corrected chi connectivity index (χ4v) is 1.16. The van der Waals surface area contributed by atoms with Crippen LogP contribution in [0.25, 0.3) is 0 Å². The molecule has 5 heteroatoms. The number of halogens is 4. The van der Waals surface area contributed by atoms with Gasteiger partial charge in [0, 0.05) is 5.69 Å². The zero-order valence-electron chi connectivity index (χ0n) is 6.82. The molecule has 0 spiro atoms. The molecule has 13 heavy (non-hydrogen) atoms. The zero-order valence-corrected chi connectivity index (χ0v) is 7.58. The summed E-state index contributed by atoms with van der Waals surface area (Å²) in [6.45, 7) is 1.80. The van der Waals surface area contributed by atoms with Crippen LogP contribution in [0.15, 0.2) is 12.1 Å². The van der Waals surface area contributed by atoms with Gasteiger partial charge in [0.05, 0.1) is 5.56 Å². The summed E-state index contributed by atoms with van der Waals surface area (Å²) < 4.78 is 36.5. The van der Waals surface area contributed by atoms with E-state index in [-0.39, 0.29) is 0 Å². The molecule has 0 N–H and O–H groups in total. The first-order valence-electron chi connectivity index (χ1n) is 3.67. The van der Waals surface area contributed by atoms with E-state index in [1.165, 1.54) is 6.07 Å². The molecule has 1 nitrogen and oxygen atoms in total. The van der Waals surface area contributed by atoms with Crippen molar-refractivity contribution in [2.24, 2.45) is 0 Å². The number of nitrogens with zero attached hydrogens (tertiary/aromatic N) is 1. The largest absolute Gasteiger partial charge is 0.419 e. The summed E-state index contributed by atoms with van der Waals surface area (Å²) >= 11 is 5.36. The second kappa shape index (κ2) is 3.54. The molecule has 0 aromatic carbocycles. The lowest BCUT2D eigenvalue weighted by molar-refractivity contribution is -0.137. The minimum atomic E-state index is -4.42. The highest BCUT2D eigenvalue weighted by Crippen LogP contribution is 2.33. The Bertz CT molecular complexity index is 309. The Morgan fingerprint density at radius 3 is 2.38 bits per heavy atom. The van der Waals surface area contributed by atoms with Crippen molar-refractivity contribution in [3.05, 3.63) is 28.5 Å². The van der Waals surface area contributed by atoms with Crippen LogP contribution in [0.4, 0.5) is 13.2 Å². The molecule has 0 unspecified atom stereocenters. The molecule has 0 bridgehead atoms. The molecular weight excluding hydrogens is 203 g/mol. The molecule has 0 fully saturated rings. The molecule has 72 valence electrons. The summed E-state index contributed by atoms with van der Waals surface area (Å²) in [5, 5.41) is -0.480. The molecule has 1 heterocycles. The van der Waals surface area contributed by atoms with Crippen LogP contribution in [0.1, 0.15) is 18.2 Å². The predicted molar refractivity (Wildman–Crippen MR) is 43.6 cm³/mol. The third-order valence-corrected chi connectivity index (χ3v) is 1.86. The van der Waals surface area contributed by atoms with Gasteiger partial charge in [0.15, 0.2) is 0 Å². The average Bonchev–Trinajstić information content (AvgIpc) is 2.01. The van der Waals surface area contributed by atoms with E-state index in [1.54, 1.807) is 6.92 Å². The fraction of sp³-hybridized carbons (Fsp3) is 0.375. The van der Waals surface area contributed by atoms with Crippen LogP contribution in [-0.4, -0.2) is 4.98 Å². The Kier molecular flexibility index (Phi) is 2.81. The van der Waals surface area contributed by atoms with Crippen molar-refractivity contribution in [3.8, 4) is 0 Å². The highest BCUT2D eigenvalue weighted by Gasteiger charge is 2.33. The van der Waals surface area contributed by atoms with Crippen LogP contribution in [0.2, 0.25) is 5.15 Å². The molecule has 0 saturated heterocycles. The van der Waals surface area contributed by atoms with Crippen molar-refractivity contribution < 1.29 is 13.2 Å². The van der Waals surface area contributed by atoms with E-state index in [1.807, 2.05) is 0 Å². The molecule has 1 aromatic rings. The van der Waals surface area contributed by atoms with Crippen molar-refractivity contribution in [1.29, 1.82) is 0 Å². The second-order valence-electron chi connectivity index (χ2n) is 2.49. The maximum atomic E-state index is 12.2. The highest BCUT2D eigenvalue weighted by molar-refractivity contribution is 6.30.